The Kier molecular flexibility index (Phi) is 3.87. The van der Waals surface area contributed by atoms with Crippen LogP contribution in [0.4, 0.5) is 5.82 Å². The third-order valence-electron chi connectivity index (χ3n) is 3.68. The number of nitrogens with zero attached hydrogens (tertiary/aromatic N) is 3. The molecule has 0 spiro atoms. The fourth-order valence-corrected chi connectivity index (χ4v) is 4.00. The third-order valence-corrected chi connectivity index (χ3v) is 5.45. The third kappa shape index (κ3) is 2.83. The largest absolute Gasteiger partial charge is 0.378 e. The first kappa shape index (κ1) is 13.5. The average molecular weight is 301 g/mol. The van der Waals surface area contributed by atoms with E-state index in [0.717, 1.165) is 43.6 Å². The van der Waals surface area contributed by atoms with E-state index < -0.39 is 0 Å². The van der Waals surface area contributed by atoms with Crippen molar-refractivity contribution in [3.05, 3.63) is 17.0 Å². The van der Waals surface area contributed by atoms with Crippen molar-refractivity contribution in [3.63, 3.8) is 0 Å². The van der Waals surface area contributed by atoms with E-state index in [2.05, 4.69) is 27.9 Å². The lowest BCUT2D eigenvalue weighted by Gasteiger charge is -2.28. The van der Waals surface area contributed by atoms with Gasteiger partial charge in [-0.15, -0.1) is 0 Å². The van der Waals surface area contributed by atoms with Crippen LogP contribution in [0.15, 0.2) is 6.07 Å². The molecule has 1 aromatic rings. The molecule has 1 aliphatic carbocycles. The van der Waals surface area contributed by atoms with Crippen LogP contribution in [0.3, 0.4) is 0 Å². The number of ether oxygens (including phenoxy) is 1. The molecule has 19 heavy (non-hydrogen) atoms. The van der Waals surface area contributed by atoms with E-state index in [1.807, 2.05) is 0 Å². The molecular weight excluding hydrogens is 282 g/mol. The average Bonchev–Trinajstić information content (AvgIpc) is 3.21. The lowest BCUT2D eigenvalue weighted by atomic mass is 10.2. The molecule has 2 aliphatic rings. The highest BCUT2D eigenvalue weighted by Crippen LogP contribution is 2.49. The molecule has 0 aromatic carbocycles. The summed E-state index contributed by atoms with van der Waals surface area (Å²) in [6.45, 7) is 5.49. The summed E-state index contributed by atoms with van der Waals surface area (Å²) < 4.78 is 5.63. The van der Waals surface area contributed by atoms with Crippen molar-refractivity contribution >= 4 is 29.2 Å². The summed E-state index contributed by atoms with van der Waals surface area (Å²) >= 11 is 7.57. The molecule has 2 fully saturated rings. The van der Waals surface area contributed by atoms with Crippen LogP contribution in [0.2, 0.25) is 5.28 Å². The van der Waals surface area contributed by atoms with Gasteiger partial charge in [-0.2, -0.15) is 0 Å². The van der Waals surface area contributed by atoms with E-state index in [1.54, 1.807) is 0 Å². The number of hydrogen-bond donors (Lipinski definition) is 0. The van der Waals surface area contributed by atoms with Gasteiger partial charge in [0.25, 0.3) is 0 Å². The van der Waals surface area contributed by atoms with E-state index in [0.29, 0.717) is 5.28 Å². The summed E-state index contributed by atoms with van der Waals surface area (Å²) in [5.74, 6) is 2.12. The Bertz CT molecular complexity index is 461. The van der Waals surface area contributed by atoms with Gasteiger partial charge in [-0.25, -0.2) is 9.97 Å². The summed E-state index contributed by atoms with van der Waals surface area (Å²) in [6, 6.07) is 2.13. The van der Waals surface area contributed by atoms with Crippen molar-refractivity contribution in [3.8, 4) is 0 Å². The molecule has 0 amide bonds. The van der Waals surface area contributed by atoms with Gasteiger partial charge in [0, 0.05) is 32.0 Å². The molecule has 0 unspecified atom stereocenters. The Morgan fingerprint density at radius 3 is 2.74 bits per heavy atom. The number of thiol groups is 1. The smallest absolute Gasteiger partial charge is 0.224 e. The van der Waals surface area contributed by atoms with Crippen LogP contribution in [0.5, 0.6) is 0 Å². The van der Waals surface area contributed by atoms with Gasteiger partial charge >= 0.3 is 0 Å². The maximum absolute atomic E-state index is 6.12. The van der Waals surface area contributed by atoms with Gasteiger partial charge in [-0.3, -0.25) is 0 Å². The lowest BCUT2D eigenvalue weighted by molar-refractivity contribution is 0.122. The van der Waals surface area contributed by atoms with Crippen LogP contribution in [0, 0.1) is 0 Å². The predicted molar refractivity (Wildman–Crippen MR) is 80.3 cm³/mol. The fourth-order valence-electron chi connectivity index (χ4n) is 2.51. The first-order chi connectivity index (χ1) is 9.23. The van der Waals surface area contributed by atoms with Gasteiger partial charge in [-0.05, 0) is 30.3 Å². The van der Waals surface area contributed by atoms with E-state index >= 15 is 0 Å². The number of halogens is 1. The maximum atomic E-state index is 6.12. The van der Waals surface area contributed by atoms with Gasteiger partial charge < -0.3 is 9.64 Å². The predicted octanol–water partition coefficient (Wildman–Crippen LogP) is 1.79. The molecule has 1 aliphatic heterocycles. The molecule has 0 bridgehead atoms. The zero-order chi connectivity index (χ0) is 13.3. The van der Waals surface area contributed by atoms with Crippen LogP contribution in [0.1, 0.15) is 25.5 Å². The highest BCUT2D eigenvalue weighted by atomic mass is 35.5. The van der Waals surface area contributed by atoms with Crippen molar-refractivity contribution in [2.45, 2.75) is 24.5 Å². The van der Waals surface area contributed by atoms with Crippen molar-refractivity contribution in [2.24, 2.45) is 0 Å². The zero-order valence-corrected chi connectivity index (χ0v) is 12.8. The standard InChI is InChI=1S/C13H18ClN3OS/c1-2-19-13(3-4-13)10-9-11(16-12(14)15-10)17-5-7-18-8-6-17/h9H,2-8H2,1H3/p+1. The van der Waals surface area contributed by atoms with Crippen LogP contribution >= 0.6 is 11.6 Å². The molecule has 104 valence electrons. The molecule has 2 heterocycles. The van der Waals surface area contributed by atoms with Crippen LogP contribution in [0.25, 0.3) is 0 Å². The van der Waals surface area contributed by atoms with Gasteiger partial charge in [0.1, 0.15) is 17.3 Å². The number of rotatable bonds is 4. The summed E-state index contributed by atoms with van der Waals surface area (Å²) in [4.78, 5) is 11.1. The lowest BCUT2D eigenvalue weighted by Crippen LogP contribution is -2.37. The SMILES string of the molecule is CC[SH+]C1(c2cc(N3CCOCC3)nc(Cl)n2)CC1. The molecule has 1 saturated heterocycles. The first-order valence-corrected chi connectivity index (χ1v) is 8.26. The second-order valence-corrected chi connectivity index (χ2v) is 7.13. The molecule has 4 nitrogen and oxygen atoms in total. The second-order valence-electron chi connectivity index (χ2n) is 4.99. The molecule has 0 N–H and O–H groups in total. The van der Waals surface area contributed by atoms with Crippen LogP contribution in [-0.2, 0) is 21.2 Å². The van der Waals surface area contributed by atoms with E-state index in [-0.39, 0.29) is 4.75 Å². The topological polar surface area (TPSA) is 38.2 Å². The number of morpholine rings is 1. The molecule has 6 heteroatoms. The summed E-state index contributed by atoms with van der Waals surface area (Å²) in [7, 11) is 0. The quantitative estimate of drug-likeness (QED) is 0.483. The summed E-state index contributed by atoms with van der Waals surface area (Å²) in [5, 5.41) is 0.372. The highest BCUT2D eigenvalue weighted by molar-refractivity contribution is 7.79. The molecule has 1 aromatic heterocycles. The maximum Gasteiger partial charge on any atom is 0.224 e. The highest BCUT2D eigenvalue weighted by Gasteiger charge is 2.53. The number of hydrogen-bond acceptors (Lipinski definition) is 4. The van der Waals surface area contributed by atoms with E-state index in [1.165, 1.54) is 24.6 Å². The minimum absolute atomic E-state index is 0.252. The zero-order valence-electron chi connectivity index (χ0n) is 11.1. The van der Waals surface area contributed by atoms with Crippen LogP contribution in [-0.4, -0.2) is 42.0 Å². The van der Waals surface area contributed by atoms with Crippen molar-refractivity contribution in [1.29, 1.82) is 0 Å². The summed E-state index contributed by atoms with van der Waals surface area (Å²) in [5.41, 5.74) is 1.12. The summed E-state index contributed by atoms with van der Waals surface area (Å²) in [6.07, 6.45) is 2.44. The normalized spacial score (nSPS) is 21.5. The first-order valence-electron chi connectivity index (χ1n) is 6.80. The molecule has 1 saturated carbocycles. The van der Waals surface area contributed by atoms with Crippen molar-refractivity contribution in [2.75, 3.05) is 37.0 Å². The van der Waals surface area contributed by atoms with Crippen LogP contribution < -0.4 is 4.90 Å². The number of aromatic nitrogens is 2. The monoisotopic (exact) mass is 300 g/mol. The molecule has 0 radical (unpaired) electrons. The Balaban J connectivity index is 1.87. The van der Waals surface area contributed by atoms with Gasteiger partial charge in [0.2, 0.25) is 5.28 Å². The Labute approximate surface area is 122 Å². The second kappa shape index (κ2) is 5.46. The molecule has 0 atom stereocenters. The molecular formula is C13H19ClN3OS+. The van der Waals surface area contributed by atoms with E-state index in [4.69, 9.17) is 16.3 Å². The van der Waals surface area contributed by atoms with Crippen molar-refractivity contribution in [1.82, 2.24) is 9.97 Å². The minimum atomic E-state index is 0.252. The van der Waals surface area contributed by atoms with Gasteiger partial charge in [0.15, 0.2) is 4.75 Å². The van der Waals surface area contributed by atoms with Gasteiger partial charge in [0.05, 0.1) is 13.2 Å². The number of anilines is 1. The van der Waals surface area contributed by atoms with Crippen molar-refractivity contribution < 1.29 is 4.74 Å². The minimum Gasteiger partial charge on any atom is -0.378 e. The Hall–Kier alpha value is -0.520. The Morgan fingerprint density at radius 1 is 1.37 bits per heavy atom. The van der Waals surface area contributed by atoms with Gasteiger partial charge in [-0.1, -0.05) is 0 Å². The van der Waals surface area contributed by atoms with E-state index in [9.17, 15) is 0 Å². The molecule has 3 rings (SSSR count). The Morgan fingerprint density at radius 2 is 2.11 bits per heavy atom. The fraction of sp³-hybridized carbons (Fsp3) is 0.692.